The highest BCUT2D eigenvalue weighted by Crippen LogP contribution is 2.24. The number of halogens is 2. The molecule has 7 heteroatoms. The Morgan fingerprint density at radius 2 is 2.05 bits per heavy atom. The molecular formula is C14H15Cl2N3O2. The van der Waals surface area contributed by atoms with Gasteiger partial charge in [-0.1, -0.05) is 48.3 Å². The van der Waals surface area contributed by atoms with Crippen molar-refractivity contribution >= 4 is 29.2 Å². The van der Waals surface area contributed by atoms with E-state index in [0.717, 1.165) is 11.3 Å². The summed E-state index contributed by atoms with van der Waals surface area (Å²) in [5, 5.41) is 8.95. The highest BCUT2D eigenvalue weighted by Gasteiger charge is 2.22. The molecule has 0 aliphatic heterocycles. The molecule has 112 valence electrons. The van der Waals surface area contributed by atoms with E-state index in [1.807, 2.05) is 19.9 Å². The molecule has 2 aromatic rings. The van der Waals surface area contributed by atoms with E-state index in [-0.39, 0.29) is 11.6 Å². The minimum absolute atomic E-state index is 0.0804. The first-order valence-electron chi connectivity index (χ1n) is 6.39. The van der Waals surface area contributed by atoms with E-state index in [9.17, 15) is 4.79 Å². The smallest absolute Gasteiger partial charge is 0.360 e. The number of rotatable bonds is 4. The molecule has 0 bridgehead atoms. The summed E-state index contributed by atoms with van der Waals surface area (Å²) in [5.41, 5.74) is 1.90. The van der Waals surface area contributed by atoms with Crippen LogP contribution in [0.2, 0.25) is 10.0 Å². The quantitative estimate of drug-likeness (QED) is 0.806. The van der Waals surface area contributed by atoms with E-state index < -0.39 is 5.97 Å². The first-order chi connectivity index (χ1) is 9.93. The lowest BCUT2D eigenvalue weighted by Crippen LogP contribution is -2.12. The van der Waals surface area contributed by atoms with E-state index in [0.29, 0.717) is 16.6 Å². The van der Waals surface area contributed by atoms with Gasteiger partial charge in [-0.05, 0) is 23.6 Å². The zero-order valence-electron chi connectivity index (χ0n) is 11.9. The van der Waals surface area contributed by atoms with Gasteiger partial charge in [0.2, 0.25) is 0 Å². The van der Waals surface area contributed by atoms with Crippen LogP contribution in [-0.2, 0) is 11.3 Å². The number of methoxy groups -OCH3 is 1. The monoisotopic (exact) mass is 327 g/mol. The van der Waals surface area contributed by atoms with Crippen molar-refractivity contribution in [3.63, 3.8) is 0 Å². The maximum Gasteiger partial charge on any atom is 0.360 e. The zero-order chi connectivity index (χ0) is 15.6. The van der Waals surface area contributed by atoms with Gasteiger partial charge in [0.1, 0.15) is 0 Å². The number of esters is 1. The fourth-order valence-electron chi connectivity index (χ4n) is 2.06. The lowest BCUT2D eigenvalue weighted by Gasteiger charge is -2.11. The number of hydrogen-bond donors (Lipinski definition) is 0. The molecule has 0 fully saturated rings. The normalized spacial score (nSPS) is 11.0. The maximum atomic E-state index is 11.7. The Labute approximate surface area is 132 Å². The second-order valence-electron chi connectivity index (χ2n) is 4.88. The molecule has 0 saturated heterocycles. The average Bonchev–Trinajstić information content (AvgIpc) is 2.86. The lowest BCUT2D eigenvalue weighted by atomic mass is 10.1. The van der Waals surface area contributed by atoms with Gasteiger partial charge in [0.05, 0.1) is 29.4 Å². The summed E-state index contributed by atoms with van der Waals surface area (Å²) in [7, 11) is 1.32. The molecular weight excluding hydrogens is 313 g/mol. The number of nitrogens with zero attached hydrogens (tertiary/aromatic N) is 3. The second kappa shape index (κ2) is 6.45. The van der Waals surface area contributed by atoms with E-state index in [2.05, 4.69) is 10.3 Å². The van der Waals surface area contributed by atoms with Crippen molar-refractivity contribution in [2.75, 3.05) is 7.11 Å². The van der Waals surface area contributed by atoms with Crippen LogP contribution in [0.3, 0.4) is 0 Å². The number of benzene rings is 1. The molecule has 5 nitrogen and oxygen atoms in total. The minimum Gasteiger partial charge on any atom is -0.464 e. The predicted octanol–water partition coefficient (Wildman–Crippen LogP) is 3.54. The van der Waals surface area contributed by atoms with Crippen molar-refractivity contribution in [2.24, 2.45) is 0 Å². The fraction of sp³-hybridized carbons (Fsp3) is 0.357. The number of ether oxygens (including phenoxy) is 1. The fourth-order valence-corrected chi connectivity index (χ4v) is 2.38. The topological polar surface area (TPSA) is 57.0 Å². The van der Waals surface area contributed by atoms with E-state index in [1.165, 1.54) is 7.11 Å². The van der Waals surface area contributed by atoms with E-state index in [4.69, 9.17) is 27.9 Å². The van der Waals surface area contributed by atoms with Crippen molar-refractivity contribution in [2.45, 2.75) is 26.3 Å². The van der Waals surface area contributed by atoms with Crippen LogP contribution in [0.4, 0.5) is 0 Å². The molecule has 1 aromatic heterocycles. The van der Waals surface area contributed by atoms with Gasteiger partial charge in [-0.2, -0.15) is 0 Å². The van der Waals surface area contributed by atoms with Crippen molar-refractivity contribution < 1.29 is 9.53 Å². The molecule has 0 aliphatic carbocycles. The average molecular weight is 328 g/mol. The van der Waals surface area contributed by atoms with Crippen LogP contribution in [0, 0.1) is 0 Å². The van der Waals surface area contributed by atoms with Crippen molar-refractivity contribution in [3.05, 3.63) is 45.2 Å². The summed E-state index contributed by atoms with van der Waals surface area (Å²) < 4.78 is 6.41. The summed E-state index contributed by atoms with van der Waals surface area (Å²) in [6.07, 6.45) is 0. The molecule has 0 saturated carbocycles. The number of aromatic nitrogens is 3. The third-order valence-corrected chi connectivity index (χ3v) is 3.75. The summed E-state index contributed by atoms with van der Waals surface area (Å²) >= 11 is 11.9. The molecule has 0 unspecified atom stereocenters. The first kappa shape index (κ1) is 15.8. The zero-order valence-corrected chi connectivity index (χ0v) is 13.4. The Hall–Kier alpha value is -1.59. The SMILES string of the molecule is COC(=O)c1nnn(Cc2ccc(Cl)c(Cl)c2)c1C(C)C. The van der Waals surface area contributed by atoms with E-state index >= 15 is 0 Å². The van der Waals surface area contributed by atoms with Crippen LogP contribution in [0.5, 0.6) is 0 Å². The summed E-state index contributed by atoms with van der Waals surface area (Å²) in [4.78, 5) is 11.7. The molecule has 0 atom stereocenters. The summed E-state index contributed by atoms with van der Waals surface area (Å²) in [6, 6.07) is 5.36. The number of carbonyl (C=O) groups excluding carboxylic acids is 1. The van der Waals surface area contributed by atoms with Gasteiger partial charge in [-0.3, -0.25) is 0 Å². The van der Waals surface area contributed by atoms with Crippen LogP contribution in [0.25, 0.3) is 0 Å². The molecule has 2 rings (SSSR count). The Bertz CT molecular complexity index is 668. The lowest BCUT2D eigenvalue weighted by molar-refractivity contribution is 0.0592. The molecule has 0 radical (unpaired) electrons. The van der Waals surface area contributed by atoms with Gasteiger partial charge in [-0.15, -0.1) is 5.10 Å². The van der Waals surface area contributed by atoms with Crippen LogP contribution in [0.15, 0.2) is 18.2 Å². The highest BCUT2D eigenvalue weighted by molar-refractivity contribution is 6.42. The molecule has 0 spiro atoms. The van der Waals surface area contributed by atoms with Gasteiger partial charge in [0.15, 0.2) is 5.69 Å². The predicted molar refractivity (Wildman–Crippen MR) is 81.0 cm³/mol. The van der Waals surface area contributed by atoms with Crippen LogP contribution >= 0.6 is 23.2 Å². The molecule has 1 heterocycles. The molecule has 21 heavy (non-hydrogen) atoms. The first-order valence-corrected chi connectivity index (χ1v) is 7.15. The molecule has 0 amide bonds. The standard InChI is InChI=1S/C14H15Cl2N3O2/c1-8(2)13-12(14(20)21-3)17-18-19(13)7-9-4-5-10(15)11(16)6-9/h4-6,8H,7H2,1-3H3. The molecule has 1 aromatic carbocycles. The van der Waals surface area contributed by atoms with Crippen molar-refractivity contribution in [1.29, 1.82) is 0 Å². The maximum absolute atomic E-state index is 11.7. The van der Waals surface area contributed by atoms with Gasteiger partial charge < -0.3 is 4.74 Å². The van der Waals surface area contributed by atoms with Crippen LogP contribution in [-0.4, -0.2) is 28.1 Å². The Morgan fingerprint density at radius 3 is 2.62 bits per heavy atom. The highest BCUT2D eigenvalue weighted by atomic mass is 35.5. The summed E-state index contributed by atoms with van der Waals surface area (Å²) in [5.74, 6) is -0.407. The van der Waals surface area contributed by atoms with E-state index in [1.54, 1.807) is 16.8 Å². The van der Waals surface area contributed by atoms with Gasteiger partial charge in [0.25, 0.3) is 0 Å². The van der Waals surface area contributed by atoms with Crippen molar-refractivity contribution in [1.82, 2.24) is 15.0 Å². The third-order valence-electron chi connectivity index (χ3n) is 3.02. The third kappa shape index (κ3) is 3.36. The van der Waals surface area contributed by atoms with Crippen molar-refractivity contribution in [3.8, 4) is 0 Å². The molecule has 0 aliphatic rings. The minimum atomic E-state index is -0.487. The van der Waals surface area contributed by atoms with Gasteiger partial charge in [-0.25, -0.2) is 9.48 Å². The van der Waals surface area contributed by atoms with Crippen LogP contribution < -0.4 is 0 Å². The molecule has 0 N–H and O–H groups in total. The summed E-state index contributed by atoms with van der Waals surface area (Å²) in [6.45, 7) is 4.39. The Kier molecular flexibility index (Phi) is 4.85. The number of hydrogen-bond acceptors (Lipinski definition) is 4. The van der Waals surface area contributed by atoms with Gasteiger partial charge >= 0.3 is 5.97 Å². The Balaban J connectivity index is 2.37. The largest absolute Gasteiger partial charge is 0.464 e. The Morgan fingerprint density at radius 1 is 1.33 bits per heavy atom. The second-order valence-corrected chi connectivity index (χ2v) is 5.69. The number of carbonyl (C=O) groups is 1. The van der Waals surface area contributed by atoms with Crippen LogP contribution in [0.1, 0.15) is 41.5 Å². The van der Waals surface area contributed by atoms with Gasteiger partial charge in [0, 0.05) is 0 Å².